The fraction of sp³-hybridized carbons (Fsp3) is 0.389. The molecule has 0 spiro atoms. The number of aryl methyl sites for hydroxylation is 1. The van der Waals surface area contributed by atoms with E-state index in [1.54, 1.807) is 37.7 Å². The Bertz CT molecular complexity index is 1020. The van der Waals surface area contributed by atoms with Crippen LogP contribution in [0.5, 0.6) is 0 Å². The minimum absolute atomic E-state index is 0.124. The second-order valence-electron chi connectivity index (χ2n) is 7.13. The Labute approximate surface area is 162 Å². The van der Waals surface area contributed by atoms with Crippen molar-refractivity contribution in [3.63, 3.8) is 0 Å². The van der Waals surface area contributed by atoms with E-state index < -0.39 is 17.4 Å². The average Bonchev–Trinajstić information content (AvgIpc) is 2.86. The van der Waals surface area contributed by atoms with Crippen LogP contribution in [0.2, 0.25) is 0 Å². The fourth-order valence-electron chi connectivity index (χ4n) is 3.72. The number of hydrogen-bond acceptors (Lipinski definition) is 4. The minimum Gasteiger partial charge on any atom is -0.362 e. The van der Waals surface area contributed by atoms with E-state index >= 15 is 0 Å². The fourth-order valence-corrected chi connectivity index (χ4v) is 4.26. The number of ketones is 1. The summed E-state index contributed by atoms with van der Waals surface area (Å²) in [4.78, 5) is 30.3. The Morgan fingerprint density at radius 2 is 2.08 bits per heavy atom. The van der Waals surface area contributed by atoms with Crippen molar-refractivity contribution in [1.29, 1.82) is 0 Å². The van der Waals surface area contributed by atoms with Crippen LogP contribution in [0.25, 0.3) is 0 Å². The maximum Gasteiger partial charge on any atom is 0.270 e. The number of aromatic amines is 1. The van der Waals surface area contributed by atoms with Crippen molar-refractivity contribution < 1.29 is 13.9 Å². The second-order valence-corrected chi connectivity index (χ2v) is 8.29. The van der Waals surface area contributed by atoms with Gasteiger partial charge in [-0.2, -0.15) is 0 Å². The topological polar surface area (TPSA) is 76.4 Å². The number of carbonyl (C=O) groups is 1. The number of H-pyrrole nitrogens is 1. The number of nitrogens with zero attached hydrogens (tertiary/aromatic N) is 2. The van der Waals surface area contributed by atoms with Gasteiger partial charge in [0.15, 0.2) is 11.6 Å². The summed E-state index contributed by atoms with van der Waals surface area (Å²) in [5.41, 5.74) is 0.508. The van der Waals surface area contributed by atoms with Crippen LogP contribution in [-0.4, -0.2) is 33.5 Å². The molecule has 8 heteroatoms. The van der Waals surface area contributed by atoms with Gasteiger partial charge in [-0.05, 0) is 54.1 Å². The SMILES string of the molecule is Cn1[nH]c(=O)c2c1N=C1COC(C)(C)C(=O)C1C2c1ccc(F)c(I)c1. The van der Waals surface area contributed by atoms with Crippen molar-refractivity contribution in [1.82, 2.24) is 9.78 Å². The molecule has 1 aromatic carbocycles. The van der Waals surface area contributed by atoms with E-state index in [2.05, 4.69) is 10.1 Å². The molecule has 0 bridgehead atoms. The van der Waals surface area contributed by atoms with E-state index in [1.807, 2.05) is 22.6 Å². The molecule has 0 radical (unpaired) electrons. The van der Waals surface area contributed by atoms with Crippen molar-refractivity contribution in [2.45, 2.75) is 25.4 Å². The van der Waals surface area contributed by atoms with Gasteiger partial charge in [-0.3, -0.25) is 19.4 Å². The summed E-state index contributed by atoms with van der Waals surface area (Å²) in [6.07, 6.45) is 0. The lowest BCUT2D eigenvalue weighted by Gasteiger charge is -2.40. The number of ether oxygens (including phenoxy) is 1. The molecule has 0 amide bonds. The van der Waals surface area contributed by atoms with E-state index in [1.165, 1.54) is 6.07 Å². The smallest absolute Gasteiger partial charge is 0.270 e. The van der Waals surface area contributed by atoms with Gasteiger partial charge in [0.2, 0.25) is 0 Å². The van der Waals surface area contributed by atoms with Crippen molar-refractivity contribution >= 4 is 39.9 Å². The number of rotatable bonds is 1. The summed E-state index contributed by atoms with van der Waals surface area (Å²) in [6.45, 7) is 3.67. The summed E-state index contributed by atoms with van der Waals surface area (Å²) < 4.78 is 21.5. The number of Topliss-reactive ketones (excluding diaryl/α,β-unsaturated/α-hetero) is 1. The van der Waals surface area contributed by atoms with Crippen molar-refractivity contribution in [2.75, 3.05) is 6.61 Å². The van der Waals surface area contributed by atoms with Crippen LogP contribution in [0.4, 0.5) is 10.2 Å². The van der Waals surface area contributed by atoms with Gasteiger partial charge in [0.25, 0.3) is 5.56 Å². The molecule has 6 nitrogen and oxygen atoms in total. The van der Waals surface area contributed by atoms with Gasteiger partial charge >= 0.3 is 0 Å². The third kappa shape index (κ3) is 2.50. The lowest BCUT2D eigenvalue weighted by molar-refractivity contribution is -0.144. The molecule has 2 aliphatic rings. The van der Waals surface area contributed by atoms with E-state index in [9.17, 15) is 14.0 Å². The summed E-state index contributed by atoms with van der Waals surface area (Å²) in [5, 5.41) is 2.71. The summed E-state index contributed by atoms with van der Waals surface area (Å²) in [6, 6.07) is 4.70. The number of halogens is 2. The van der Waals surface area contributed by atoms with Gasteiger partial charge in [0, 0.05) is 16.5 Å². The zero-order valence-corrected chi connectivity index (χ0v) is 16.6. The van der Waals surface area contributed by atoms with Crippen LogP contribution in [0.1, 0.15) is 30.9 Å². The third-order valence-electron chi connectivity index (χ3n) is 5.08. The normalized spacial score (nSPS) is 24.0. The minimum atomic E-state index is -0.964. The predicted molar refractivity (Wildman–Crippen MR) is 103 cm³/mol. The molecule has 1 fully saturated rings. The van der Waals surface area contributed by atoms with Crippen LogP contribution in [0, 0.1) is 15.3 Å². The summed E-state index contributed by atoms with van der Waals surface area (Å²) in [5.74, 6) is -1.09. The van der Waals surface area contributed by atoms with Gasteiger partial charge in [0.1, 0.15) is 11.4 Å². The Morgan fingerprint density at radius 3 is 2.77 bits per heavy atom. The molecule has 1 N–H and O–H groups in total. The first-order valence-electron chi connectivity index (χ1n) is 8.20. The number of benzene rings is 1. The largest absolute Gasteiger partial charge is 0.362 e. The molecular weight excluding hydrogens is 452 g/mol. The first kappa shape index (κ1) is 17.6. The molecule has 3 heterocycles. The molecule has 1 saturated heterocycles. The lowest BCUT2D eigenvalue weighted by atomic mass is 9.71. The van der Waals surface area contributed by atoms with Gasteiger partial charge < -0.3 is 4.74 Å². The van der Waals surface area contributed by atoms with Crippen molar-refractivity contribution in [2.24, 2.45) is 18.0 Å². The van der Waals surface area contributed by atoms with Crippen LogP contribution < -0.4 is 5.56 Å². The average molecular weight is 469 g/mol. The number of fused-ring (bicyclic) bond motifs is 2. The number of aromatic nitrogens is 2. The molecule has 1 aromatic heterocycles. The molecule has 2 aromatic rings. The van der Waals surface area contributed by atoms with Crippen LogP contribution in [0.3, 0.4) is 0 Å². The molecule has 2 unspecified atom stereocenters. The first-order chi connectivity index (χ1) is 12.2. The van der Waals surface area contributed by atoms with Gasteiger partial charge in [-0.25, -0.2) is 9.38 Å². The van der Waals surface area contributed by atoms with Crippen molar-refractivity contribution in [3.8, 4) is 0 Å². The van der Waals surface area contributed by atoms with E-state index in [-0.39, 0.29) is 23.8 Å². The zero-order valence-electron chi connectivity index (χ0n) is 14.5. The van der Waals surface area contributed by atoms with E-state index in [0.29, 0.717) is 20.7 Å². The lowest BCUT2D eigenvalue weighted by Crippen LogP contribution is -2.53. The Balaban J connectivity index is 1.99. The highest BCUT2D eigenvalue weighted by molar-refractivity contribution is 14.1. The second kappa shape index (κ2) is 5.85. The molecule has 26 heavy (non-hydrogen) atoms. The monoisotopic (exact) mass is 469 g/mol. The van der Waals surface area contributed by atoms with Crippen LogP contribution in [0.15, 0.2) is 28.0 Å². The van der Waals surface area contributed by atoms with Gasteiger partial charge in [0.05, 0.1) is 23.8 Å². The molecule has 2 aliphatic heterocycles. The first-order valence-corrected chi connectivity index (χ1v) is 9.28. The van der Waals surface area contributed by atoms with Crippen LogP contribution >= 0.6 is 22.6 Å². The summed E-state index contributed by atoms with van der Waals surface area (Å²) in [7, 11) is 1.70. The molecular formula is C18H17FIN3O3. The molecule has 0 saturated carbocycles. The molecule has 0 aliphatic carbocycles. The Hall–Kier alpha value is -1.81. The third-order valence-corrected chi connectivity index (χ3v) is 5.91. The highest BCUT2D eigenvalue weighted by Gasteiger charge is 2.50. The Kier molecular flexibility index (Phi) is 3.96. The molecule has 2 atom stereocenters. The van der Waals surface area contributed by atoms with Gasteiger partial charge in [-0.1, -0.05) is 6.07 Å². The predicted octanol–water partition coefficient (Wildman–Crippen LogP) is 2.67. The highest BCUT2D eigenvalue weighted by Crippen LogP contribution is 2.44. The maximum absolute atomic E-state index is 13.8. The number of hydrogen-bond donors (Lipinski definition) is 1. The van der Waals surface area contributed by atoms with Crippen LogP contribution in [-0.2, 0) is 16.6 Å². The number of nitrogens with one attached hydrogen (secondary N) is 1. The maximum atomic E-state index is 13.8. The van der Waals surface area contributed by atoms with E-state index in [0.717, 1.165) is 5.56 Å². The zero-order chi connectivity index (χ0) is 18.8. The van der Waals surface area contributed by atoms with E-state index in [4.69, 9.17) is 4.74 Å². The standard InChI is InChI=1S/C18H17FIN3O3/c1-18(2)15(24)13-11(7-26-18)21-16-14(17(25)22-23(16)3)12(13)8-4-5-9(19)10(20)6-8/h4-6,12-13H,7H2,1-3H3,(H,22,25). The van der Waals surface area contributed by atoms with Crippen molar-refractivity contribution in [3.05, 3.63) is 49.1 Å². The number of carbonyl (C=O) groups excluding carboxylic acids is 1. The quantitative estimate of drug-likeness (QED) is 0.653. The summed E-state index contributed by atoms with van der Waals surface area (Å²) >= 11 is 1.91. The Morgan fingerprint density at radius 1 is 1.35 bits per heavy atom. The van der Waals surface area contributed by atoms with Gasteiger partial charge in [-0.15, -0.1) is 0 Å². The molecule has 136 valence electrons. The number of aliphatic imine (C=N–C) groups is 1. The highest BCUT2D eigenvalue weighted by atomic mass is 127. The molecule has 4 rings (SSSR count).